The van der Waals surface area contributed by atoms with E-state index in [-0.39, 0.29) is 11.9 Å². The van der Waals surface area contributed by atoms with Crippen molar-refractivity contribution >= 4 is 5.91 Å². The number of likely N-dealkylation sites (tertiary alicyclic amines) is 1. The summed E-state index contributed by atoms with van der Waals surface area (Å²) < 4.78 is 5.71. The first-order valence-corrected chi connectivity index (χ1v) is 10.2. The zero-order valence-electron chi connectivity index (χ0n) is 16.9. The van der Waals surface area contributed by atoms with Gasteiger partial charge in [-0.1, -0.05) is 12.1 Å². The van der Waals surface area contributed by atoms with Crippen molar-refractivity contribution in [3.8, 4) is 16.9 Å². The van der Waals surface area contributed by atoms with Crippen LogP contribution in [-0.4, -0.2) is 39.1 Å². The minimum absolute atomic E-state index is 0.00532. The zero-order chi connectivity index (χ0) is 20.2. The molecule has 0 bridgehead atoms. The van der Waals surface area contributed by atoms with Crippen molar-refractivity contribution in [3.63, 3.8) is 0 Å². The van der Waals surface area contributed by atoms with Gasteiger partial charge in [-0.05, 0) is 62.4 Å². The van der Waals surface area contributed by atoms with Gasteiger partial charge in [-0.2, -0.15) is 5.10 Å². The summed E-state index contributed by atoms with van der Waals surface area (Å²) in [6.45, 7) is 5.22. The lowest BCUT2D eigenvalue weighted by molar-refractivity contribution is 0.0602. The van der Waals surface area contributed by atoms with Crippen LogP contribution in [0.2, 0.25) is 0 Å². The molecule has 1 aliphatic rings. The van der Waals surface area contributed by atoms with Gasteiger partial charge in [-0.15, -0.1) is 0 Å². The van der Waals surface area contributed by atoms with Crippen molar-refractivity contribution in [2.75, 3.05) is 13.2 Å². The Kier molecular flexibility index (Phi) is 5.60. The number of nitrogens with zero attached hydrogens (tertiary/aromatic N) is 3. The van der Waals surface area contributed by atoms with E-state index in [1.165, 1.54) is 0 Å². The second kappa shape index (κ2) is 8.47. The first kappa shape index (κ1) is 19.2. The topological polar surface area (TPSA) is 71.1 Å². The molecule has 1 aromatic carbocycles. The molecule has 0 aliphatic carbocycles. The van der Waals surface area contributed by atoms with Gasteiger partial charge in [0.15, 0.2) is 0 Å². The smallest absolute Gasteiger partial charge is 0.258 e. The summed E-state index contributed by atoms with van der Waals surface area (Å²) in [4.78, 5) is 19.7. The number of aryl methyl sites for hydroxylation is 1. The highest BCUT2D eigenvalue weighted by Gasteiger charge is 2.32. The molecular weight excluding hydrogens is 364 g/mol. The van der Waals surface area contributed by atoms with Crippen molar-refractivity contribution in [2.45, 2.75) is 39.2 Å². The molecule has 1 saturated heterocycles. The number of hydrogen-bond donors (Lipinski definition) is 1. The van der Waals surface area contributed by atoms with E-state index >= 15 is 0 Å². The van der Waals surface area contributed by atoms with Crippen LogP contribution in [0.15, 0.2) is 48.9 Å². The fourth-order valence-corrected chi connectivity index (χ4v) is 4.09. The third-order valence-electron chi connectivity index (χ3n) is 5.49. The highest BCUT2D eigenvalue weighted by molar-refractivity contribution is 5.97. The van der Waals surface area contributed by atoms with Gasteiger partial charge in [0.05, 0.1) is 30.1 Å². The van der Waals surface area contributed by atoms with Crippen LogP contribution < -0.4 is 4.74 Å². The third kappa shape index (κ3) is 3.75. The summed E-state index contributed by atoms with van der Waals surface area (Å²) >= 11 is 0. The molecule has 4 rings (SSSR count). The van der Waals surface area contributed by atoms with Gasteiger partial charge in [-0.25, -0.2) is 0 Å². The van der Waals surface area contributed by atoms with Crippen LogP contribution in [0.4, 0.5) is 0 Å². The molecule has 29 heavy (non-hydrogen) atoms. The summed E-state index contributed by atoms with van der Waals surface area (Å²) in [6, 6.07) is 9.45. The van der Waals surface area contributed by atoms with E-state index < -0.39 is 0 Å². The van der Waals surface area contributed by atoms with E-state index in [9.17, 15) is 4.79 Å². The van der Waals surface area contributed by atoms with Gasteiger partial charge in [0.2, 0.25) is 0 Å². The van der Waals surface area contributed by atoms with E-state index in [1.54, 1.807) is 6.20 Å². The second-order valence-corrected chi connectivity index (χ2v) is 7.33. The van der Waals surface area contributed by atoms with Crippen LogP contribution >= 0.6 is 0 Å². The molecular formula is C23H26N4O2. The molecule has 0 saturated carbocycles. The minimum Gasteiger partial charge on any atom is -0.493 e. The average Bonchev–Trinajstić information content (AvgIpc) is 3.24. The van der Waals surface area contributed by atoms with Gasteiger partial charge in [-0.3, -0.25) is 14.9 Å². The van der Waals surface area contributed by atoms with Crippen LogP contribution in [0.25, 0.3) is 11.1 Å². The molecule has 2 aromatic heterocycles. The van der Waals surface area contributed by atoms with E-state index in [2.05, 4.69) is 15.2 Å². The fraction of sp³-hybridized carbons (Fsp3) is 0.348. The number of para-hydroxylation sites is 1. The molecule has 3 heterocycles. The van der Waals surface area contributed by atoms with Crippen molar-refractivity contribution in [1.82, 2.24) is 20.1 Å². The predicted octanol–water partition coefficient (Wildman–Crippen LogP) is 4.55. The summed E-state index contributed by atoms with van der Waals surface area (Å²) in [5, 5.41) is 7.50. The normalized spacial score (nSPS) is 16.6. The molecule has 150 valence electrons. The number of carbonyl (C=O) groups is 1. The number of ether oxygens (including phenoxy) is 1. The van der Waals surface area contributed by atoms with E-state index in [0.717, 1.165) is 48.2 Å². The lowest BCUT2D eigenvalue weighted by Gasteiger charge is -2.36. The minimum atomic E-state index is -0.0454. The number of piperidine rings is 1. The standard InChI is InChI=1S/C23H26N4O2/c1-3-29-21-10-5-4-8-18(21)23(28)27-13-7-6-9-20(27)22-19(15-25-26-22)17-11-12-24-14-16(17)2/h4-5,8,10-12,14-15,20H,3,6-7,9,13H2,1-2H3,(H,25,26)/t20-/m0/s1. The van der Waals surface area contributed by atoms with E-state index in [1.807, 2.05) is 61.5 Å². The first-order chi connectivity index (χ1) is 14.2. The summed E-state index contributed by atoms with van der Waals surface area (Å²) in [5.74, 6) is 0.643. The van der Waals surface area contributed by atoms with Crippen LogP contribution in [0.1, 0.15) is 53.8 Å². The number of H-pyrrole nitrogens is 1. The number of hydrogen-bond acceptors (Lipinski definition) is 4. The van der Waals surface area contributed by atoms with Gasteiger partial charge in [0.1, 0.15) is 5.75 Å². The molecule has 1 aliphatic heterocycles. The Labute approximate surface area is 170 Å². The van der Waals surface area contributed by atoms with Gasteiger partial charge >= 0.3 is 0 Å². The van der Waals surface area contributed by atoms with Crippen LogP contribution in [0, 0.1) is 6.92 Å². The number of pyridine rings is 1. The van der Waals surface area contributed by atoms with Gasteiger partial charge in [0, 0.05) is 24.5 Å². The predicted molar refractivity (Wildman–Crippen MR) is 112 cm³/mol. The van der Waals surface area contributed by atoms with Gasteiger partial charge < -0.3 is 9.64 Å². The maximum absolute atomic E-state index is 13.5. The van der Waals surface area contributed by atoms with E-state index in [4.69, 9.17) is 4.74 Å². The average molecular weight is 390 g/mol. The monoisotopic (exact) mass is 390 g/mol. The first-order valence-electron chi connectivity index (χ1n) is 10.2. The molecule has 0 spiro atoms. The van der Waals surface area contributed by atoms with Crippen LogP contribution in [0.5, 0.6) is 5.75 Å². The Morgan fingerprint density at radius 3 is 2.90 bits per heavy atom. The molecule has 1 N–H and O–H groups in total. The summed E-state index contributed by atoms with van der Waals surface area (Å²) in [7, 11) is 0. The maximum Gasteiger partial charge on any atom is 0.258 e. The van der Waals surface area contributed by atoms with Crippen molar-refractivity contribution in [2.24, 2.45) is 0 Å². The van der Waals surface area contributed by atoms with Crippen molar-refractivity contribution < 1.29 is 9.53 Å². The largest absolute Gasteiger partial charge is 0.493 e. The fourth-order valence-electron chi connectivity index (χ4n) is 4.09. The van der Waals surface area contributed by atoms with Crippen LogP contribution in [-0.2, 0) is 0 Å². The number of aromatic amines is 1. The number of carbonyl (C=O) groups excluding carboxylic acids is 1. The Hall–Kier alpha value is -3.15. The lowest BCUT2D eigenvalue weighted by Crippen LogP contribution is -2.39. The Bertz CT molecular complexity index is 998. The molecule has 0 unspecified atom stereocenters. The Balaban J connectivity index is 1.71. The lowest BCUT2D eigenvalue weighted by atomic mass is 9.93. The number of amides is 1. The molecule has 6 nitrogen and oxygen atoms in total. The van der Waals surface area contributed by atoms with E-state index in [0.29, 0.717) is 17.9 Å². The summed E-state index contributed by atoms with van der Waals surface area (Å²) in [6.07, 6.45) is 8.48. The molecule has 1 atom stereocenters. The highest BCUT2D eigenvalue weighted by atomic mass is 16.5. The second-order valence-electron chi connectivity index (χ2n) is 7.33. The number of benzene rings is 1. The molecule has 0 radical (unpaired) electrons. The molecule has 3 aromatic rings. The molecule has 1 amide bonds. The SMILES string of the molecule is CCOc1ccccc1C(=O)N1CCCC[C@H]1c1[nH]ncc1-c1ccncc1C. The third-order valence-corrected chi connectivity index (χ3v) is 5.49. The summed E-state index contributed by atoms with van der Waals surface area (Å²) in [5.41, 5.74) is 4.82. The molecule has 6 heteroatoms. The zero-order valence-corrected chi connectivity index (χ0v) is 16.9. The highest BCUT2D eigenvalue weighted by Crippen LogP contribution is 2.37. The van der Waals surface area contributed by atoms with Crippen LogP contribution in [0.3, 0.4) is 0 Å². The van der Waals surface area contributed by atoms with Crippen molar-refractivity contribution in [1.29, 1.82) is 0 Å². The Morgan fingerprint density at radius 1 is 1.21 bits per heavy atom. The number of aromatic nitrogens is 3. The van der Waals surface area contributed by atoms with Gasteiger partial charge in [0.25, 0.3) is 5.91 Å². The quantitative estimate of drug-likeness (QED) is 0.694. The molecule has 1 fully saturated rings. The number of rotatable bonds is 5. The maximum atomic E-state index is 13.5. The Morgan fingerprint density at radius 2 is 2.07 bits per heavy atom. The van der Waals surface area contributed by atoms with Crippen molar-refractivity contribution in [3.05, 3.63) is 65.7 Å². The number of nitrogens with one attached hydrogen (secondary N) is 1.